The molecule has 0 aliphatic rings. The molecule has 3 rings (SSSR count). The number of hydrogen-bond acceptors (Lipinski definition) is 5. The highest BCUT2D eigenvalue weighted by molar-refractivity contribution is 7.07. The fourth-order valence-corrected chi connectivity index (χ4v) is 2.66. The second-order valence-electron chi connectivity index (χ2n) is 5.22. The van der Waals surface area contributed by atoms with E-state index in [-0.39, 0.29) is 5.78 Å². The van der Waals surface area contributed by atoms with Crippen LogP contribution < -0.4 is 4.74 Å². The van der Waals surface area contributed by atoms with Gasteiger partial charge in [0, 0.05) is 10.9 Å². The van der Waals surface area contributed by atoms with Gasteiger partial charge >= 0.3 is 0 Å². The lowest BCUT2D eigenvalue weighted by molar-refractivity contribution is 0.104. The van der Waals surface area contributed by atoms with Gasteiger partial charge in [-0.25, -0.2) is 4.98 Å². The molecule has 5 heteroatoms. The SMILES string of the molecule is N#Cc1ccc(C(=O)/C=C/c2ccc(OCc3cscn3)cc2)cc1. The van der Waals surface area contributed by atoms with Crippen LogP contribution in [-0.4, -0.2) is 10.8 Å². The highest BCUT2D eigenvalue weighted by Crippen LogP contribution is 2.15. The minimum Gasteiger partial charge on any atom is -0.487 e. The Balaban J connectivity index is 1.59. The van der Waals surface area contributed by atoms with Crippen molar-refractivity contribution in [1.82, 2.24) is 4.98 Å². The molecule has 0 saturated heterocycles. The van der Waals surface area contributed by atoms with Gasteiger partial charge < -0.3 is 4.74 Å². The van der Waals surface area contributed by atoms with Crippen LogP contribution in [0.1, 0.15) is 27.2 Å². The number of aromatic nitrogens is 1. The molecule has 0 unspecified atom stereocenters. The minimum atomic E-state index is -0.103. The van der Waals surface area contributed by atoms with Crippen molar-refractivity contribution in [3.05, 3.63) is 87.9 Å². The molecule has 25 heavy (non-hydrogen) atoms. The molecule has 0 aliphatic carbocycles. The number of thiazole rings is 1. The molecule has 0 atom stereocenters. The van der Waals surface area contributed by atoms with Crippen molar-refractivity contribution in [3.63, 3.8) is 0 Å². The fourth-order valence-electron chi connectivity index (χ4n) is 2.12. The average molecular weight is 346 g/mol. The number of carbonyl (C=O) groups excluding carboxylic acids is 1. The molecule has 0 fully saturated rings. The second-order valence-corrected chi connectivity index (χ2v) is 5.94. The molecule has 4 nitrogen and oxygen atoms in total. The lowest BCUT2D eigenvalue weighted by atomic mass is 10.1. The van der Waals surface area contributed by atoms with Crippen LogP contribution in [0.15, 0.2) is 65.5 Å². The van der Waals surface area contributed by atoms with Crippen LogP contribution in [0.4, 0.5) is 0 Å². The van der Waals surface area contributed by atoms with E-state index in [2.05, 4.69) is 4.98 Å². The van der Waals surface area contributed by atoms with E-state index in [1.54, 1.807) is 35.9 Å². The summed E-state index contributed by atoms with van der Waals surface area (Å²) in [5.41, 5.74) is 4.68. The Bertz CT molecular complexity index is 906. The third kappa shape index (κ3) is 4.63. The Morgan fingerprint density at radius 1 is 1.16 bits per heavy atom. The zero-order valence-electron chi connectivity index (χ0n) is 13.3. The van der Waals surface area contributed by atoms with Gasteiger partial charge in [-0.1, -0.05) is 18.2 Å². The summed E-state index contributed by atoms with van der Waals surface area (Å²) in [6.45, 7) is 0.440. The summed E-state index contributed by atoms with van der Waals surface area (Å²) in [5.74, 6) is 0.650. The molecule has 0 radical (unpaired) electrons. The van der Waals surface area contributed by atoms with Crippen molar-refractivity contribution >= 4 is 23.2 Å². The maximum atomic E-state index is 12.1. The van der Waals surface area contributed by atoms with Gasteiger partial charge in [0.1, 0.15) is 12.4 Å². The Kier molecular flexibility index (Phi) is 5.35. The summed E-state index contributed by atoms with van der Waals surface area (Å²) in [5, 5.41) is 10.7. The molecule has 0 amide bonds. The van der Waals surface area contributed by atoms with E-state index in [9.17, 15) is 4.79 Å². The van der Waals surface area contributed by atoms with Crippen molar-refractivity contribution < 1.29 is 9.53 Å². The van der Waals surface area contributed by atoms with Gasteiger partial charge in [0.2, 0.25) is 0 Å². The maximum absolute atomic E-state index is 12.1. The zero-order valence-corrected chi connectivity index (χ0v) is 14.1. The number of nitrogens with zero attached hydrogens (tertiary/aromatic N) is 2. The smallest absolute Gasteiger partial charge is 0.185 e. The molecule has 1 heterocycles. The summed E-state index contributed by atoms with van der Waals surface area (Å²) < 4.78 is 5.65. The van der Waals surface area contributed by atoms with Gasteiger partial charge in [-0.2, -0.15) is 5.26 Å². The lowest BCUT2D eigenvalue weighted by Gasteiger charge is -2.04. The van der Waals surface area contributed by atoms with Gasteiger partial charge in [0.15, 0.2) is 5.78 Å². The molecular weight excluding hydrogens is 332 g/mol. The number of carbonyl (C=O) groups is 1. The molecule has 0 saturated carbocycles. The number of ketones is 1. The number of allylic oxidation sites excluding steroid dienone is 1. The molecule has 2 aromatic carbocycles. The van der Waals surface area contributed by atoms with Crippen LogP contribution >= 0.6 is 11.3 Å². The first-order valence-corrected chi connectivity index (χ1v) is 8.51. The predicted octanol–water partition coefficient (Wildman–Crippen LogP) is 4.49. The van der Waals surface area contributed by atoms with Crippen molar-refractivity contribution in [1.29, 1.82) is 5.26 Å². The van der Waals surface area contributed by atoms with Crippen LogP contribution in [0.3, 0.4) is 0 Å². The Morgan fingerprint density at radius 2 is 1.92 bits per heavy atom. The highest BCUT2D eigenvalue weighted by Gasteiger charge is 2.02. The summed E-state index contributed by atoms with van der Waals surface area (Å²) in [6.07, 6.45) is 3.28. The number of nitriles is 1. The van der Waals surface area contributed by atoms with Crippen LogP contribution in [0.25, 0.3) is 6.08 Å². The quantitative estimate of drug-likeness (QED) is 0.487. The van der Waals surface area contributed by atoms with Crippen LogP contribution in [0.5, 0.6) is 5.75 Å². The standard InChI is InChI=1S/C20H14N2O2S/c21-11-16-1-6-17(7-2-16)20(23)10-5-15-3-8-19(9-4-15)24-12-18-13-25-14-22-18/h1-10,13-14H,12H2/b10-5+. The third-order valence-corrected chi connectivity index (χ3v) is 4.11. The molecule has 0 N–H and O–H groups in total. The van der Waals surface area contributed by atoms with Gasteiger partial charge in [-0.15, -0.1) is 11.3 Å². The van der Waals surface area contributed by atoms with Crippen LogP contribution in [0.2, 0.25) is 0 Å². The molecule has 3 aromatic rings. The number of benzene rings is 2. The second kappa shape index (κ2) is 8.04. The van der Waals surface area contributed by atoms with E-state index >= 15 is 0 Å². The number of rotatable bonds is 6. The first-order chi connectivity index (χ1) is 12.2. The topological polar surface area (TPSA) is 63.0 Å². The van der Waals surface area contributed by atoms with E-state index in [0.29, 0.717) is 17.7 Å². The zero-order chi connectivity index (χ0) is 17.5. The van der Waals surface area contributed by atoms with Gasteiger partial charge in [0.05, 0.1) is 22.8 Å². The largest absolute Gasteiger partial charge is 0.487 e. The number of ether oxygens (including phenoxy) is 1. The molecule has 1 aromatic heterocycles. The maximum Gasteiger partial charge on any atom is 0.185 e. The molecule has 0 bridgehead atoms. The van der Waals surface area contributed by atoms with Crippen molar-refractivity contribution in [2.24, 2.45) is 0 Å². The van der Waals surface area contributed by atoms with E-state index in [1.165, 1.54) is 17.4 Å². The Labute approximate surface area is 149 Å². The fraction of sp³-hybridized carbons (Fsp3) is 0.0500. The number of hydrogen-bond donors (Lipinski definition) is 0. The molecule has 122 valence electrons. The van der Waals surface area contributed by atoms with Gasteiger partial charge in [-0.05, 0) is 48.0 Å². The van der Waals surface area contributed by atoms with Crippen molar-refractivity contribution in [2.45, 2.75) is 6.61 Å². The first-order valence-electron chi connectivity index (χ1n) is 7.57. The lowest BCUT2D eigenvalue weighted by Crippen LogP contribution is -1.95. The highest BCUT2D eigenvalue weighted by atomic mass is 32.1. The van der Waals surface area contributed by atoms with E-state index < -0.39 is 0 Å². The Hall–Kier alpha value is -3.23. The predicted molar refractivity (Wildman–Crippen MR) is 97.4 cm³/mol. The van der Waals surface area contributed by atoms with Gasteiger partial charge in [-0.3, -0.25) is 4.79 Å². The summed E-state index contributed by atoms with van der Waals surface area (Å²) >= 11 is 1.54. The third-order valence-electron chi connectivity index (χ3n) is 3.48. The van der Waals surface area contributed by atoms with E-state index in [4.69, 9.17) is 10.00 Å². The molecule has 0 aliphatic heterocycles. The minimum absolute atomic E-state index is 0.103. The molecule has 0 spiro atoms. The van der Waals surface area contributed by atoms with Crippen LogP contribution in [-0.2, 0) is 6.61 Å². The Morgan fingerprint density at radius 3 is 2.56 bits per heavy atom. The first kappa shape index (κ1) is 16.6. The monoisotopic (exact) mass is 346 g/mol. The molecular formula is C20H14N2O2S. The van der Waals surface area contributed by atoms with E-state index in [1.807, 2.05) is 35.7 Å². The van der Waals surface area contributed by atoms with Crippen molar-refractivity contribution in [2.75, 3.05) is 0 Å². The summed E-state index contributed by atoms with van der Waals surface area (Å²) in [7, 11) is 0. The van der Waals surface area contributed by atoms with Crippen molar-refractivity contribution in [3.8, 4) is 11.8 Å². The summed E-state index contributed by atoms with van der Waals surface area (Å²) in [4.78, 5) is 16.3. The van der Waals surface area contributed by atoms with Gasteiger partial charge in [0.25, 0.3) is 0 Å². The van der Waals surface area contributed by atoms with E-state index in [0.717, 1.165) is 17.0 Å². The normalized spacial score (nSPS) is 10.5. The summed E-state index contributed by atoms with van der Waals surface area (Å²) in [6, 6.07) is 16.1. The average Bonchev–Trinajstić information content (AvgIpc) is 3.19. The van der Waals surface area contributed by atoms with Crippen LogP contribution in [0, 0.1) is 11.3 Å².